The average Bonchev–Trinajstić information content (AvgIpc) is 4.41. The minimum Gasteiger partial charge on any atom is -0.461 e. The zero-order valence-corrected chi connectivity index (χ0v) is 41.0. The molecule has 2 saturated carbocycles. The van der Waals surface area contributed by atoms with Gasteiger partial charge in [-0.1, -0.05) is 12.1 Å². The molecule has 1 saturated heterocycles. The molecule has 76 heavy (non-hydrogen) atoms. The van der Waals surface area contributed by atoms with Crippen molar-refractivity contribution in [3.8, 4) is 11.6 Å². The number of nitrogens with one attached hydrogen (secondary N) is 1. The van der Waals surface area contributed by atoms with Crippen LogP contribution in [0.4, 0.5) is 23.2 Å². The van der Waals surface area contributed by atoms with Gasteiger partial charge in [0, 0.05) is 57.5 Å². The summed E-state index contributed by atoms with van der Waals surface area (Å²) in [7, 11) is 3.07. The Bertz CT molecular complexity index is 3610. The second-order valence-electron chi connectivity index (χ2n) is 18.6. The Morgan fingerprint density at radius 3 is 1.78 bits per heavy atom. The van der Waals surface area contributed by atoms with E-state index in [0.29, 0.717) is 40.4 Å². The minimum absolute atomic E-state index is 0.00486. The molecule has 7 aromatic rings. The minimum atomic E-state index is -4.62. The third-order valence-corrected chi connectivity index (χ3v) is 13.0. The second kappa shape index (κ2) is 21.4. The van der Waals surface area contributed by atoms with Crippen LogP contribution in [0, 0.1) is 12.7 Å². The first-order valence-electron chi connectivity index (χ1n) is 24.0. The SMILES string of the molecule is Cc1cc(N2CCOC[C@@H]2C(F)(F)F)cc(F)c1C(=O)N[C@@H](Cc1ccc(-n2c(=O)c3ccncc3n(C)c2=O)nc1)C(=O)OC1CC1.Cn1c(=O)n(-c2ccc(C[C@H](N)C(=O)OC3CC3)cn2)c(=O)c2ccncc21. The first kappa shape index (κ1) is 52.4. The van der Waals surface area contributed by atoms with Crippen molar-refractivity contribution in [3.05, 3.63) is 155 Å². The molecule has 3 N–H and O–H groups in total. The highest BCUT2D eigenvalue weighted by Crippen LogP contribution is 2.33. The van der Waals surface area contributed by atoms with Crippen LogP contribution in [0.15, 0.2) is 105 Å². The Balaban J connectivity index is 0.000000213. The van der Waals surface area contributed by atoms with E-state index in [1.165, 1.54) is 84.6 Å². The van der Waals surface area contributed by atoms with Gasteiger partial charge in [-0.25, -0.2) is 37.9 Å². The van der Waals surface area contributed by atoms with Crippen molar-refractivity contribution in [2.75, 3.05) is 24.7 Å². The lowest BCUT2D eigenvalue weighted by Gasteiger charge is -2.38. The van der Waals surface area contributed by atoms with Crippen LogP contribution in [-0.2, 0) is 50.7 Å². The molecule has 3 fully saturated rings. The van der Waals surface area contributed by atoms with Crippen molar-refractivity contribution in [3.63, 3.8) is 0 Å². The smallest absolute Gasteiger partial charge is 0.411 e. The summed E-state index contributed by atoms with van der Waals surface area (Å²) < 4.78 is 76.5. The molecule has 1 aliphatic heterocycles. The zero-order chi connectivity index (χ0) is 54.2. The molecule has 0 unspecified atom stereocenters. The summed E-state index contributed by atoms with van der Waals surface area (Å²) in [4.78, 5) is 107. The molecule has 1 aromatic carbocycles. The number of aromatic nitrogens is 8. The first-order chi connectivity index (χ1) is 36.3. The summed E-state index contributed by atoms with van der Waals surface area (Å²) in [5, 5.41) is 3.13. The lowest BCUT2D eigenvalue weighted by atomic mass is 10.0. The van der Waals surface area contributed by atoms with Crippen LogP contribution >= 0.6 is 0 Å². The van der Waals surface area contributed by atoms with E-state index in [1.807, 2.05) is 0 Å². The van der Waals surface area contributed by atoms with Crippen molar-refractivity contribution in [1.29, 1.82) is 0 Å². The summed E-state index contributed by atoms with van der Waals surface area (Å²) in [6.07, 6.45) is 6.93. The number of benzene rings is 1. The lowest BCUT2D eigenvalue weighted by molar-refractivity contribution is -0.167. The maximum absolute atomic E-state index is 15.5. The van der Waals surface area contributed by atoms with E-state index < -0.39 is 82.6 Å². The number of nitrogens with zero attached hydrogens (tertiary/aromatic N) is 9. The topological polar surface area (TPSA) is 260 Å². The summed E-state index contributed by atoms with van der Waals surface area (Å²) in [5.74, 6) is -3.00. The molecule has 3 atom stereocenters. The van der Waals surface area contributed by atoms with Crippen molar-refractivity contribution >= 4 is 45.3 Å². The van der Waals surface area contributed by atoms with E-state index in [1.54, 1.807) is 25.2 Å². The first-order valence-corrected chi connectivity index (χ1v) is 24.0. The molecule has 396 valence electrons. The van der Waals surface area contributed by atoms with Gasteiger partial charge in [0.05, 0.1) is 53.0 Å². The Morgan fingerprint density at radius 1 is 0.763 bits per heavy atom. The number of pyridine rings is 4. The normalized spacial score (nSPS) is 16.4. The van der Waals surface area contributed by atoms with E-state index in [-0.39, 0.29) is 66.5 Å². The van der Waals surface area contributed by atoms with E-state index in [4.69, 9.17) is 19.9 Å². The monoisotopic (exact) mass is 1050 g/mol. The summed E-state index contributed by atoms with van der Waals surface area (Å²) in [6.45, 7) is 0.669. The van der Waals surface area contributed by atoms with Crippen LogP contribution in [0.1, 0.15) is 52.7 Å². The summed E-state index contributed by atoms with van der Waals surface area (Å²) in [6, 6.07) is 7.34. The molecule has 2 aliphatic carbocycles. The van der Waals surface area contributed by atoms with Crippen molar-refractivity contribution in [1.82, 2.24) is 43.5 Å². The number of amides is 1. The molecule has 21 nitrogen and oxygen atoms in total. The molecular weight excluding hydrogens is 1000 g/mol. The predicted molar refractivity (Wildman–Crippen MR) is 265 cm³/mol. The number of hydrogen-bond acceptors (Lipinski definition) is 16. The number of esters is 2. The second-order valence-corrected chi connectivity index (χ2v) is 18.6. The molecule has 3 aliphatic rings. The molecular formula is C51H49F4N11O10. The van der Waals surface area contributed by atoms with Crippen LogP contribution < -0.4 is 38.4 Å². The van der Waals surface area contributed by atoms with Gasteiger partial charge in [-0.2, -0.15) is 13.2 Å². The number of carbonyl (C=O) groups excluding carboxylic acids is 3. The third-order valence-electron chi connectivity index (χ3n) is 13.0. The number of nitrogens with two attached hydrogens (primary N) is 1. The van der Waals surface area contributed by atoms with Gasteiger partial charge in [0.15, 0.2) is 0 Å². The third kappa shape index (κ3) is 11.1. The van der Waals surface area contributed by atoms with Crippen LogP contribution in [0.5, 0.6) is 0 Å². The van der Waals surface area contributed by atoms with Gasteiger partial charge >= 0.3 is 29.5 Å². The van der Waals surface area contributed by atoms with Gasteiger partial charge in [0.2, 0.25) is 0 Å². The largest absolute Gasteiger partial charge is 0.461 e. The lowest BCUT2D eigenvalue weighted by Crippen LogP contribution is -2.53. The predicted octanol–water partition coefficient (Wildman–Crippen LogP) is 2.80. The highest BCUT2D eigenvalue weighted by molar-refractivity contribution is 5.98. The fraction of sp³-hybridized carbons (Fsp3) is 0.353. The molecule has 0 radical (unpaired) electrons. The Kier molecular flexibility index (Phi) is 14.8. The van der Waals surface area contributed by atoms with Crippen molar-refractivity contribution in [2.24, 2.45) is 19.8 Å². The van der Waals surface area contributed by atoms with Gasteiger partial charge in [-0.05, 0) is 92.1 Å². The number of alkyl halides is 3. The van der Waals surface area contributed by atoms with Crippen LogP contribution in [0.25, 0.3) is 33.4 Å². The Hall–Kier alpha value is -8.45. The highest BCUT2D eigenvalue weighted by atomic mass is 19.4. The van der Waals surface area contributed by atoms with Gasteiger partial charge in [-0.15, -0.1) is 0 Å². The number of aryl methyl sites for hydroxylation is 3. The molecule has 25 heteroatoms. The maximum Gasteiger partial charge on any atom is 0.411 e. The van der Waals surface area contributed by atoms with E-state index in [9.17, 15) is 46.7 Å². The number of fused-ring (bicyclic) bond motifs is 2. The van der Waals surface area contributed by atoms with Crippen molar-refractivity contribution < 1.29 is 46.2 Å². The molecule has 0 spiro atoms. The van der Waals surface area contributed by atoms with Crippen LogP contribution in [0.3, 0.4) is 0 Å². The van der Waals surface area contributed by atoms with E-state index in [0.717, 1.165) is 32.9 Å². The number of ether oxygens (including phenoxy) is 3. The molecule has 1 amide bonds. The van der Waals surface area contributed by atoms with Crippen molar-refractivity contribution in [2.45, 2.75) is 82.0 Å². The van der Waals surface area contributed by atoms with Gasteiger partial charge in [-0.3, -0.25) is 38.3 Å². The van der Waals surface area contributed by atoms with Gasteiger partial charge in [0.25, 0.3) is 17.0 Å². The number of morpholine rings is 1. The Morgan fingerprint density at radius 2 is 1.29 bits per heavy atom. The molecule has 10 rings (SSSR count). The standard InChI is InChI=1S/C32H30F4N6O6.C19H19N5O4/c1-17-11-19(41-9-10-47-16-25(41)32(34,35)36)13-22(33)27(17)28(43)39-23(30(45)48-20-4-5-20)12-18-3-6-26(38-14-18)42-29(44)21-7-8-37-15-24(21)40(2)31(42)46;1-23-15-10-21-7-6-13(15)17(25)24(19(23)27)16-5-2-11(9-22-16)8-14(20)18(26)28-12-3-4-12/h3,6-8,11,13-15,20,23,25H,4-5,9-10,12,16H2,1-2H3,(H,39,43);2,5-7,9-10,12,14H,3-4,8,20H2,1H3/t23-,25+;14-/m00/s1. The Labute approximate surface area is 427 Å². The molecule has 0 bridgehead atoms. The van der Waals surface area contributed by atoms with E-state index in [2.05, 4.69) is 25.3 Å². The number of rotatable bonds is 13. The van der Waals surface area contributed by atoms with Gasteiger partial charge < -0.3 is 30.2 Å². The number of carbonyl (C=O) groups is 3. The van der Waals surface area contributed by atoms with E-state index >= 15 is 4.39 Å². The number of hydrogen-bond donors (Lipinski definition) is 2. The zero-order valence-electron chi connectivity index (χ0n) is 41.0. The summed E-state index contributed by atoms with van der Waals surface area (Å²) in [5.41, 5.74) is 5.16. The van der Waals surface area contributed by atoms with Crippen LogP contribution in [0.2, 0.25) is 0 Å². The van der Waals surface area contributed by atoms with Crippen LogP contribution in [-0.4, -0.2) is 112 Å². The van der Waals surface area contributed by atoms with Gasteiger partial charge in [0.1, 0.15) is 47.8 Å². The highest BCUT2D eigenvalue weighted by Gasteiger charge is 2.46. The summed E-state index contributed by atoms with van der Waals surface area (Å²) >= 11 is 0. The maximum atomic E-state index is 15.5. The fourth-order valence-electron chi connectivity index (χ4n) is 8.56. The average molecular weight is 1050 g/mol. The number of anilines is 1. The quantitative estimate of drug-likeness (QED) is 0.124. The number of halogens is 4. The fourth-order valence-corrected chi connectivity index (χ4v) is 8.56. The molecule has 7 heterocycles. The molecule has 6 aromatic heterocycles.